The van der Waals surface area contributed by atoms with Gasteiger partial charge in [0.25, 0.3) is 0 Å². The zero-order valence-corrected chi connectivity index (χ0v) is 19.2. The van der Waals surface area contributed by atoms with Crippen molar-refractivity contribution in [2.24, 2.45) is 0 Å². The first-order chi connectivity index (χ1) is 13.8. The fraction of sp³-hybridized carbons (Fsp3) is 0.636. The lowest BCUT2D eigenvalue weighted by atomic mass is 10.1. The fourth-order valence-electron chi connectivity index (χ4n) is 2.54. The molecule has 0 fully saturated rings. The van der Waals surface area contributed by atoms with Crippen LogP contribution in [0.25, 0.3) is 0 Å². The molecule has 0 saturated heterocycles. The second-order valence-electron chi connectivity index (χ2n) is 8.96. The van der Waals surface area contributed by atoms with E-state index in [1.807, 2.05) is 6.92 Å². The molecule has 1 heterocycles. The number of ether oxygens (including phenoxy) is 2. The number of carbonyl (C=O) groups excluding carboxylic acids is 3. The van der Waals surface area contributed by atoms with Crippen LogP contribution < -0.4 is 10.2 Å². The van der Waals surface area contributed by atoms with Gasteiger partial charge in [-0.15, -0.1) is 0 Å². The number of carbonyl (C=O) groups is 3. The van der Waals surface area contributed by atoms with Gasteiger partial charge in [0, 0.05) is 25.7 Å². The summed E-state index contributed by atoms with van der Waals surface area (Å²) < 4.78 is 10.7. The Kier molecular flexibility index (Phi) is 9.26. The average Bonchev–Trinajstić information content (AvgIpc) is 2.60. The predicted octanol–water partition coefficient (Wildman–Crippen LogP) is 4.72. The quantitative estimate of drug-likeness (QED) is 0.482. The molecule has 0 bridgehead atoms. The van der Waals surface area contributed by atoms with Crippen LogP contribution in [-0.2, 0) is 9.47 Å². The SMILES string of the molecule is CCCN(C(=O)OC(C)(C)C)c1ncccc1C(=O)CCCNC(=O)OC(C)(C)C. The van der Waals surface area contributed by atoms with Gasteiger partial charge in [0.1, 0.15) is 17.0 Å². The van der Waals surface area contributed by atoms with Gasteiger partial charge < -0.3 is 14.8 Å². The highest BCUT2D eigenvalue weighted by molar-refractivity contribution is 6.03. The summed E-state index contributed by atoms with van der Waals surface area (Å²) in [6.07, 6.45) is 1.81. The van der Waals surface area contributed by atoms with Crippen molar-refractivity contribution in [2.75, 3.05) is 18.0 Å². The van der Waals surface area contributed by atoms with Crippen LogP contribution in [0, 0.1) is 0 Å². The third-order valence-electron chi connectivity index (χ3n) is 3.65. The molecular formula is C22H35N3O5. The smallest absolute Gasteiger partial charge is 0.416 e. The largest absolute Gasteiger partial charge is 0.444 e. The molecule has 0 aromatic carbocycles. The molecule has 0 aliphatic heterocycles. The molecule has 0 aliphatic rings. The molecule has 0 saturated carbocycles. The Balaban J connectivity index is 2.82. The number of aromatic nitrogens is 1. The van der Waals surface area contributed by atoms with Gasteiger partial charge in [-0.2, -0.15) is 0 Å². The molecule has 8 heteroatoms. The van der Waals surface area contributed by atoms with E-state index in [1.165, 1.54) is 4.90 Å². The summed E-state index contributed by atoms with van der Waals surface area (Å²) >= 11 is 0. The zero-order valence-electron chi connectivity index (χ0n) is 19.2. The standard InChI is InChI=1S/C22H35N3O5/c1-8-15-25(20(28)30-22(5,6)7)18-16(11-9-13-23-18)17(26)12-10-14-24-19(27)29-21(2,3)4/h9,11,13H,8,10,12,14-15H2,1-7H3,(H,24,27). The van der Waals surface area contributed by atoms with Gasteiger partial charge in [-0.05, 0) is 66.5 Å². The maximum absolute atomic E-state index is 12.8. The number of Topliss-reactive ketones (excluding diaryl/α,β-unsaturated/α-hetero) is 1. The molecule has 0 spiro atoms. The first-order valence-electron chi connectivity index (χ1n) is 10.3. The van der Waals surface area contributed by atoms with Crippen LogP contribution in [0.2, 0.25) is 0 Å². The Bertz CT molecular complexity index is 735. The molecular weight excluding hydrogens is 386 g/mol. The van der Waals surface area contributed by atoms with Crippen molar-refractivity contribution >= 4 is 23.8 Å². The second kappa shape index (κ2) is 10.9. The van der Waals surface area contributed by atoms with Gasteiger partial charge in [-0.1, -0.05) is 6.92 Å². The Morgan fingerprint density at radius 1 is 1.07 bits per heavy atom. The van der Waals surface area contributed by atoms with E-state index in [9.17, 15) is 14.4 Å². The Labute approximate surface area is 179 Å². The van der Waals surface area contributed by atoms with Gasteiger partial charge >= 0.3 is 12.2 Å². The molecule has 1 aromatic rings. The molecule has 0 atom stereocenters. The Morgan fingerprint density at radius 3 is 2.27 bits per heavy atom. The number of ketones is 1. The fourth-order valence-corrected chi connectivity index (χ4v) is 2.54. The zero-order chi connectivity index (χ0) is 22.9. The molecule has 0 aliphatic carbocycles. The Morgan fingerprint density at radius 2 is 1.70 bits per heavy atom. The lowest BCUT2D eigenvalue weighted by Gasteiger charge is -2.27. The van der Waals surface area contributed by atoms with Crippen molar-refractivity contribution in [1.82, 2.24) is 10.3 Å². The van der Waals surface area contributed by atoms with Crippen molar-refractivity contribution < 1.29 is 23.9 Å². The number of nitrogens with one attached hydrogen (secondary N) is 1. The first kappa shape index (κ1) is 25.4. The minimum atomic E-state index is -0.657. The second-order valence-corrected chi connectivity index (χ2v) is 8.96. The highest BCUT2D eigenvalue weighted by Gasteiger charge is 2.27. The molecule has 168 valence electrons. The topological polar surface area (TPSA) is 97.8 Å². The molecule has 0 radical (unpaired) electrons. The molecule has 30 heavy (non-hydrogen) atoms. The van der Waals surface area contributed by atoms with E-state index >= 15 is 0 Å². The van der Waals surface area contributed by atoms with Crippen molar-refractivity contribution in [3.05, 3.63) is 23.9 Å². The van der Waals surface area contributed by atoms with Crippen LogP contribution >= 0.6 is 0 Å². The van der Waals surface area contributed by atoms with Crippen LogP contribution in [-0.4, -0.2) is 47.2 Å². The molecule has 1 rings (SSSR count). The van der Waals surface area contributed by atoms with Crippen molar-refractivity contribution in [3.63, 3.8) is 0 Å². The minimum absolute atomic E-state index is 0.159. The van der Waals surface area contributed by atoms with Gasteiger partial charge in [-0.25, -0.2) is 14.6 Å². The maximum atomic E-state index is 12.8. The van der Waals surface area contributed by atoms with Crippen LogP contribution in [0.1, 0.15) is 78.1 Å². The van der Waals surface area contributed by atoms with E-state index in [4.69, 9.17) is 9.47 Å². The van der Waals surface area contributed by atoms with E-state index in [2.05, 4.69) is 10.3 Å². The highest BCUT2D eigenvalue weighted by Crippen LogP contribution is 2.22. The summed E-state index contributed by atoms with van der Waals surface area (Å²) in [6, 6.07) is 3.31. The summed E-state index contributed by atoms with van der Waals surface area (Å²) in [6.45, 7) is 13.3. The molecule has 2 amide bonds. The van der Waals surface area contributed by atoms with Crippen LogP contribution in [0.3, 0.4) is 0 Å². The monoisotopic (exact) mass is 421 g/mol. The molecule has 0 unspecified atom stereocenters. The van der Waals surface area contributed by atoms with Crippen LogP contribution in [0.4, 0.5) is 15.4 Å². The van der Waals surface area contributed by atoms with E-state index in [0.717, 1.165) is 0 Å². The van der Waals surface area contributed by atoms with Gasteiger partial charge in [0.05, 0.1) is 5.56 Å². The van der Waals surface area contributed by atoms with Crippen LogP contribution in [0.5, 0.6) is 0 Å². The van der Waals surface area contributed by atoms with Crippen molar-refractivity contribution in [2.45, 2.75) is 78.9 Å². The van der Waals surface area contributed by atoms with Crippen molar-refractivity contribution in [1.29, 1.82) is 0 Å². The van der Waals surface area contributed by atoms with Gasteiger partial charge in [0.15, 0.2) is 5.78 Å². The molecule has 1 N–H and O–H groups in total. The van der Waals surface area contributed by atoms with E-state index in [-0.39, 0.29) is 12.2 Å². The number of nitrogens with zero attached hydrogens (tertiary/aromatic N) is 2. The van der Waals surface area contributed by atoms with Gasteiger partial charge in [0.2, 0.25) is 0 Å². The number of amides is 2. The van der Waals surface area contributed by atoms with Crippen molar-refractivity contribution in [3.8, 4) is 0 Å². The Hall–Kier alpha value is -2.64. The normalized spacial score (nSPS) is 11.6. The van der Waals surface area contributed by atoms with E-state index in [1.54, 1.807) is 59.9 Å². The maximum Gasteiger partial charge on any atom is 0.416 e. The van der Waals surface area contributed by atoms with Gasteiger partial charge in [-0.3, -0.25) is 9.69 Å². The number of anilines is 1. The molecule has 8 nitrogen and oxygen atoms in total. The minimum Gasteiger partial charge on any atom is -0.444 e. The van der Waals surface area contributed by atoms with E-state index < -0.39 is 23.4 Å². The number of hydrogen-bond donors (Lipinski definition) is 1. The highest BCUT2D eigenvalue weighted by atomic mass is 16.6. The third-order valence-corrected chi connectivity index (χ3v) is 3.65. The van der Waals surface area contributed by atoms with Crippen LogP contribution in [0.15, 0.2) is 18.3 Å². The lowest BCUT2D eigenvalue weighted by Crippen LogP contribution is -2.38. The summed E-state index contributed by atoms with van der Waals surface area (Å²) in [4.78, 5) is 42.8. The number of hydrogen-bond acceptors (Lipinski definition) is 6. The number of alkyl carbamates (subject to hydrolysis) is 1. The third kappa shape index (κ3) is 9.24. The number of rotatable bonds is 8. The summed E-state index contributed by atoms with van der Waals surface area (Å²) in [5.74, 6) is 0.132. The summed E-state index contributed by atoms with van der Waals surface area (Å²) in [7, 11) is 0. The molecule has 1 aromatic heterocycles. The predicted molar refractivity (Wildman–Crippen MR) is 116 cm³/mol. The lowest BCUT2D eigenvalue weighted by molar-refractivity contribution is 0.0523. The van der Waals surface area contributed by atoms with E-state index in [0.29, 0.717) is 37.3 Å². The first-order valence-corrected chi connectivity index (χ1v) is 10.3. The number of pyridine rings is 1. The summed E-state index contributed by atoms with van der Waals surface area (Å²) in [5.41, 5.74) is -0.876. The summed E-state index contributed by atoms with van der Waals surface area (Å²) in [5, 5.41) is 2.63. The average molecular weight is 422 g/mol.